The van der Waals surface area contributed by atoms with Crippen LogP contribution in [0.1, 0.15) is 56.5 Å². The number of aryl methyl sites for hydroxylation is 1. The van der Waals surface area contributed by atoms with Gasteiger partial charge in [-0.1, -0.05) is 45.9 Å². The van der Waals surface area contributed by atoms with Gasteiger partial charge in [0.25, 0.3) is 5.91 Å². The van der Waals surface area contributed by atoms with Gasteiger partial charge in [-0.25, -0.2) is 0 Å². The maximum Gasteiger partial charge on any atom is 0.308 e. The van der Waals surface area contributed by atoms with Gasteiger partial charge in [-0.05, 0) is 43.2 Å². The van der Waals surface area contributed by atoms with Crippen molar-refractivity contribution in [1.29, 1.82) is 0 Å². The largest absolute Gasteiger partial charge is 0.481 e. The van der Waals surface area contributed by atoms with Gasteiger partial charge in [0.05, 0.1) is 5.92 Å². The van der Waals surface area contributed by atoms with E-state index < -0.39 is 17.9 Å². The molecule has 2 amide bonds. The molecule has 0 saturated carbocycles. The number of nitrogens with one attached hydrogen (secondary N) is 2. The molecule has 150 valence electrons. The number of carbonyl (C=O) groups excluding carboxylic acids is 2. The van der Waals surface area contributed by atoms with Gasteiger partial charge < -0.3 is 15.7 Å². The maximum atomic E-state index is 12.6. The van der Waals surface area contributed by atoms with Crippen LogP contribution >= 0.6 is 0 Å². The van der Waals surface area contributed by atoms with Crippen molar-refractivity contribution in [2.24, 2.45) is 17.8 Å². The third-order valence-electron chi connectivity index (χ3n) is 4.35. The Hall–Kier alpha value is -2.37. The van der Waals surface area contributed by atoms with Gasteiger partial charge >= 0.3 is 5.97 Å². The topological polar surface area (TPSA) is 95.5 Å². The maximum absolute atomic E-state index is 12.6. The van der Waals surface area contributed by atoms with Gasteiger partial charge in [-0.3, -0.25) is 14.4 Å². The van der Waals surface area contributed by atoms with E-state index in [1.165, 1.54) is 0 Å². The van der Waals surface area contributed by atoms with Crippen molar-refractivity contribution in [1.82, 2.24) is 10.6 Å². The molecule has 1 rings (SSSR count). The van der Waals surface area contributed by atoms with Crippen LogP contribution in [0.4, 0.5) is 0 Å². The molecule has 0 spiro atoms. The van der Waals surface area contributed by atoms with Crippen LogP contribution in [0, 0.1) is 24.7 Å². The molecule has 0 fully saturated rings. The van der Waals surface area contributed by atoms with Crippen LogP contribution in [0.3, 0.4) is 0 Å². The Balaban J connectivity index is 2.80. The summed E-state index contributed by atoms with van der Waals surface area (Å²) >= 11 is 0. The highest BCUT2D eigenvalue weighted by Gasteiger charge is 2.25. The van der Waals surface area contributed by atoms with Crippen molar-refractivity contribution in [3.63, 3.8) is 0 Å². The fraction of sp³-hybridized carbons (Fsp3) is 0.571. The minimum atomic E-state index is -0.923. The molecule has 6 nitrogen and oxygen atoms in total. The number of hydrogen-bond acceptors (Lipinski definition) is 3. The molecule has 1 aromatic rings. The zero-order chi connectivity index (χ0) is 20.6. The Morgan fingerprint density at radius 3 is 2.11 bits per heavy atom. The second-order valence-corrected chi connectivity index (χ2v) is 7.88. The average molecular weight is 376 g/mol. The van der Waals surface area contributed by atoms with Crippen molar-refractivity contribution < 1.29 is 19.5 Å². The quantitative estimate of drug-likeness (QED) is 0.585. The van der Waals surface area contributed by atoms with Crippen LogP contribution < -0.4 is 10.6 Å². The Labute approximate surface area is 161 Å². The van der Waals surface area contributed by atoms with E-state index in [1.807, 2.05) is 46.8 Å². The number of rotatable bonds is 10. The molecule has 0 aliphatic rings. The molecule has 0 saturated heterocycles. The van der Waals surface area contributed by atoms with Crippen LogP contribution in [0.5, 0.6) is 0 Å². The summed E-state index contributed by atoms with van der Waals surface area (Å²) < 4.78 is 0. The fourth-order valence-corrected chi connectivity index (χ4v) is 2.95. The number of amides is 2. The summed E-state index contributed by atoms with van der Waals surface area (Å²) in [5, 5.41) is 14.8. The molecule has 0 radical (unpaired) electrons. The van der Waals surface area contributed by atoms with E-state index in [4.69, 9.17) is 0 Å². The van der Waals surface area contributed by atoms with E-state index in [0.29, 0.717) is 18.4 Å². The summed E-state index contributed by atoms with van der Waals surface area (Å²) in [7, 11) is 0. The van der Waals surface area contributed by atoms with Gasteiger partial charge in [0.2, 0.25) is 5.91 Å². The molecule has 2 atom stereocenters. The monoisotopic (exact) mass is 376 g/mol. The zero-order valence-electron chi connectivity index (χ0n) is 16.9. The van der Waals surface area contributed by atoms with Crippen LogP contribution in [0.2, 0.25) is 0 Å². The average Bonchev–Trinajstić information content (AvgIpc) is 2.57. The summed E-state index contributed by atoms with van der Waals surface area (Å²) in [6, 6.07) is 6.49. The van der Waals surface area contributed by atoms with Crippen molar-refractivity contribution in [2.75, 3.05) is 6.54 Å². The second-order valence-electron chi connectivity index (χ2n) is 7.88. The number of carbonyl (C=O) groups is 3. The summed E-state index contributed by atoms with van der Waals surface area (Å²) in [6.45, 7) is 9.73. The minimum absolute atomic E-state index is 0.0567. The highest BCUT2D eigenvalue weighted by atomic mass is 16.4. The number of carboxylic acids is 1. The van der Waals surface area contributed by atoms with Crippen LogP contribution in [0.25, 0.3) is 0 Å². The Morgan fingerprint density at radius 2 is 1.59 bits per heavy atom. The molecule has 0 aliphatic heterocycles. The van der Waals surface area contributed by atoms with Crippen molar-refractivity contribution in [2.45, 2.75) is 53.5 Å². The Kier molecular flexibility index (Phi) is 8.98. The molecular formula is C21H32N2O4. The minimum Gasteiger partial charge on any atom is -0.481 e. The lowest BCUT2D eigenvalue weighted by atomic mass is 9.96. The van der Waals surface area contributed by atoms with E-state index in [2.05, 4.69) is 10.6 Å². The highest BCUT2D eigenvalue weighted by Crippen LogP contribution is 2.13. The smallest absolute Gasteiger partial charge is 0.308 e. The molecule has 3 N–H and O–H groups in total. The summed E-state index contributed by atoms with van der Waals surface area (Å²) in [6.07, 6.45) is 0.964. The van der Waals surface area contributed by atoms with E-state index in [9.17, 15) is 19.5 Å². The third-order valence-corrected chi connectivity index (χ3v) is 4.35. The van der Waals surface area contributed by atoms with E-state index in [1.54, 1.807) is 12.1 Å². The van der Waals surface area contributed by atoms with Gasteiger partial charge in [0.15, 0.2) is 0 Å². The molecule has 2 unspecified atom stereocenters. The first-order chi connectivity index (χ1) is 12.6. The molecule has 27 heavy (non-hydrogen) atoms. The standard InChI is InChI=1S/C21H32N2O4/c1-13(2)10-16(21(26)27)12-22-20(25)18(11-14(3)4)23-19(24)17-9-7-6-8-15(17)5/h6-9,13-14,16,18H,10-12H2,1-5H3,(H,22,25)(H,23,24)(H,26,27). The van der Waals surface area contributed by atoms with Crippen molar-refractivity contribution in [3.05, 3.63) is 35.4 Å². The molecule has 0 aliphatic carbocycles. The highest BCUT2D eigenvalue weighted by molar-refractivity contribution is 5.98. The van der Waals surface area contributed by atoms with E-state index in [0.717, 1.165) is 5.56 Å². The number of benzene rings is 1. The molecule has 0 aromatic heterocycles. The SMILES string of the molecule is Cc1ccccc1C(=O)NC(CC(C)C)C(=O)NCC(CC(C)C)C(=O)O. The van der Waals surface area contributed by atoms with Gasteiger partial charge in [0, 0.05) is 12.1 Å². The molecule has 0 heterocycles. The zero-order valence-corrected chi connectivity index (χ0v) is 16.9. The lowest BCUT2D eigenvalue weighted by molar-refractivity contribution is -0.142. The lowest BCUT2D eigenvalue weighted by Gasteiger charge is -2.22. The first kappa shape index (κ1) is 22.7. The normalized spacial score (nSPS) is 13.3. The summed E-state index contributed by atoms with van der Waals surface area (Å²) in [4.78, 5) is 36.6. The van der Waals surface area contributed by atoms with E-state index in [-0.39, 0.29) is 30.2 Å². The van der Waals surface area contributed by atoms with Crippen LogP contribution in [-0.2, 0) is 9.59 Å². The van der Waals surface area contributed by atoms with Crippen LogP contribution in [-0.4, -0.2) is 35.5 Å². The van der Waals surface area contributed by atoms with E-state index >= 15 is 0 Å². The molecule has 1 aromatic carbocycles. The first-order valence-corrected chi connectivity index (χ1v) is 9.48. The third kappa shape index (κ3) is 7.81. The van der Waals surface area contributed by atoms with Gasteiger partial charge in [-0.2, -0.15) is 0 Å². The lowest BCUT2D eigenvalue weighted by Crippen LogP contribution is -2.49. The molecule has 0 bridgehead atoms. The fourth-order valence-electron chi connectivity index (χ4n) is 2.95. The van der Waals surface area contributed by atoms with Crippen LogP contribution in [0.15, 0.2) is 24.3 Å². The first-order valence-electron chi connectivity index (χ1n) is 9.48. The molecular weight excluding hydrogens is 344 g/mol. The summed E-state index contributed by atoms with van der Waals surface area (Å²) in [5.41, 5.74) is 1.36. The number of aliphatic carboxylic acids is 1. The van der Waals surface area contributed by atoms with Gasteiger partial charge in [-0.15, -0.1) is 0 Å². The predicted molar refractivity (Wildman–Crippen MR) is 105 cm³/mol. The van der Waals surface area contributed by atoms with Crippen molar-refractivity contribution >= 4 is 17.8 Å². The molecule has 6 heteroatoms. The van der Waals surface area contributed by atoms with Crippen molar-refractivity contribution in [3.8, 4) is 0 Å². The summed E-state index contributed by atoms with van der Waals surface area (Å²) in [5.74, 6) is -1.79. The Morgan fingerprint density at radius 1 is 1.00 bits per heavy atom. The Bertz CT molecular complexity index is 655. The van der Waals surface area contributed by atoms with Gasteiger partial charge in [0.1, 0.15) is 6.04 Å². The number of carboxylic acid groups (broad SMARTS) is 1. The predicted octanol–water partition coefficient (Wildman–Crippen LogP) is 3.00. The second kappa shape index (κ2) is 10.7. The number of hydrogen-bond donors (Lipinski definition) is 3.